The van der Waals surface area contributed by atoms with E-state index in [0.29, 0.717) is 17.2 Å². The highest BCUT2D eigenvalue weighted by Gasteiger charge is 2.17. The summed E-state index contributed by atoms with van der Waals surface area (Å²) < 4.78 is 16.1. The molecule has 0 bridgehead atoms. The molecule has 0 aliphatic rings. The number of halogens is 1. The van der Waals surface area contributed by atoms with Crippen LogP contribution >= 0.6 is 0 Å². The first-order valence-corrected chi connectivity index (χ1v) is 10.6. The van der Waals surface area contributed by atoms with Crippen molar-refractivity contribution in [2.24, 2.45) is 7.05 Å². The molecule has 0 fully saturated rings. The summed E-state index contributed by atoms with van der Waals surface area (Å²) in [7, 11) is 2.00. The number of aromatic amines is 2. The Bertz CT molecular complexity index is 1650. The Labute approximate surface area is 188 Å². The van der Waals surface area contributed by atoms with Gasteiger partial charge in [-0.05, 0) is 55.3 Å². The van der Waals surface area contributed by atoms with E-state index in [4.69, 9.17) is 4.98 Å². The highest BCUT2D eigenvalue weighted by Crippen LogP contribution is 2.33. The van der Waals surface area contributed by atoms with Gasteiger partial charge in [0.1, 0.15) is 17.3 Å². The van der Waals surface area contributed by atoms with Crippen LogP contribution in [0.4, 0.5) is 4.39 Å². The molecule has 0 aliphatic carbocycles. The zero-order valence-electron chi connectivity index (χ0n) is 18.3. The average Bonchev–Trinajstić information content (AvgIpc) is 3.49. The van der Waals surface area contributed by atoms with E-state index < -0.39 is 0 Å². The molecule has 2 aromatic carbocycles. The highest BCUT2D eigenvalue weighted by atomic mass is 19.1. The van der Waals surface area contributed by atoms with Gasteiger partial charge in [0.2, 0.25) is 0 Å². The van der Waals surface area contributed by atoms with Crippen molar-refractivity contribution in [2.75, 3.05) is 0 Å². The molecule has 0 atom stereocenters. The number of benzene rings is 2. The average molecular weight is 437 g/mol. The fraction of sp³-hybridized carbons (Fsp3) is 0.120. The van der Waals surface area contributed by atoms with Crippen LogP contribution in [0.1, 0.15) is 11.4 Å². The molecule has 6 aromatic rings. The fourth-order valence-electron chi connectivity index (χ4n) is 4.28. The summed E-state index contributed by atoms with van der Waals surface area (Å²) in [6, 6.07) is 13.0. The largest absolute Gasteiger partial charge is 0.335 e. The van der Waals surface area contributed by atoms with E-state index in [0.717, 1.165) is 50.2 Å². The van der Waals surface area contributed by atoms with E-state index in [-0.39, 0.29) is 5.82 Å². The van der Waals surface area contributed by atoms with E-state index in [1.54, 1.807) is 6.20 Å². The van der Waals surface area contributed by atoms with Crippen molar-refractivity contribution < 1.29 is 4.39 Å². The molecule has 4 heterocycles. The van der Waals surface area contributed by atoms with Gasteiger partial charge in [0.25, 0.3) is 0 Å². The van der Waals surface area contributed by atoms with Crippen molar-refractivity contribution in [3.05, 3.63) is 72.1 Å². The number of imidazole rings is 2. The van der Waals surface area contributed by atoms with Crippen LogP contribution in [0.5, 0.6) is 0 Å². The predicted octanol–water partition coefficient (Wildman–Crippen LogP) is 5.32. The number of nitrogens with one attached hydrogen (secondary N) is 2. The van der Waals surface area contributed by atoms with Gasteiger partial charge in [0.05, 0.1) is 22.9 Å². The Hall–Kier alpha value is -4.33. The third-order valence-electron chi connectivity index (χ3n) is 6.05. The second-order valence-corrected chi connectivity index (χ2v) is 8.24. The van der Waals surface area contributed by atoms with Crippen molar-refractivity contribution in [1.82, 2.24) is 34.7 Å². The lowest BCUT2D eigenvalue weighted by Gasteiger charge is -2.05. The maximum absolute atomic E-state index is 14.1. The third kappa shape index (κ3) is 3.10. The third-order valence-corrected chi connectivity index (χ3v) is 6.05. The quantitative estimate of drug-likeness (QED) is 0.392. The Kier molecular flexibility index (Phi) is 4.16. The molecule has 2 N–H and O–H groups in total. The number of rotatable bonds is 3. The Balaban J connectivity index is 1.52. The van der Waals surface area contributed by atoms with Crippen LogP contribution < -0.4 is 0 Å². The fourth-order valence-corrected chi connectivity index (χ4v) is 4.28. The number of aryl methyl sites for hydroxylation is 2. The number of hydrogen-bond donors (Lipinski definition) is 2. The Morgan fingerprint density at radius 2 is 1.85 bits per heavy atom. The van der Waals surface area contributed by atoms with E-state index in [9.17, 15) is 4.39 Å². The number of fused-ring (bicyclic) bond motifs is 2. The van der Waals surface area contributed by atoms with Crippen LogP contribution in [0, 0.1) is 19.7 Å². The van der Waals surface area contributed by atoms with Crippen molar-refractivity contribution >= 4 is 22.1 Å². The summed E-state index contributed by atoms with van der Waals surface area (Å²) in [5, 5.41) is 8.55. The van der Waals surface area contributed by atoms with E-state index >= 15 is 0 Å². The van der Waals surface area contributed by atoms with Crippen molar-refractivity contribution in [2.45, 2.75) is 13.8 Å². The van der Waals surface area contributed by atoms with Crippen molar-refractivity contribution in [3.8, 4) is 33.9 Å². The molecule has 0 spiro atoms. The van der Waals surface area contributed by atoms with Gasteiger partial charge in [-0.2, -0.15) is 5.10 Å². The molecule has 0 unspecified atom stereocenters. The number of hydrogen-bond acceptors (Lipinski definition) is 4. The molecule has 0 amide bonds. The SMILES string of the molecule is Cc1cc(F)cc(-c2ccnc3nc(-c4n[nH]c5ccc(-c6cnc(C)n6C)cc45)[nH]c23)c1. The first kappa shape index (κ1) is 19.4. The summed E-state index contributed by atoms with van der Waals surface area (Å²) in [5.41, 5.74) is 7.43. The molecule has 33 heavy (non-hydrogen) atoms. The second kappa shape index (κ2) is 7.09. The molecule has 6 rings (SSSR count). The summed E-state index contributed by atoms with van der Waals surface area (Å²) >= 11 is 0. The monoisotopic (exact) mass is 437 g/mol. The van der Waals surface area contributed by atoms with E-state index in [2.05, 4.69) is 35.8 Å². The minimum absolute atomic E-state index is 0.272. The minimum atomic E-state index is -0.272. The molecule has 0 radical (unpaired) electrons. The zero-order valence-corrected chi connectivity index (χ0v) is 18.3. The molecule has 162 valence electrons. The van der Waals surface area contributed by atoms with Gasteiger partial charge in [0, 0.05) is 29.8 Å². The lowest BCUT2D eigenvalue weighted by atomic mass is 10.0. The van der Waals surface area contributed by atoms with Crippen LogP contribution in [0.3, 0.4) is 0 Å². The number of pyridine rings is 1. The first-order chi connectivity index (χ1) is 16.0. The predicted molar refractivity (Wildman–Crippen MR) is 126 cm³/mol. The van der Waals surface area contributed by atoms with Crippen LogP contribution in [0.2, 0.25) is 0 Å². The molecule has 0 saturated heterocycles. The second-order valence-electron chi connectivity index (χ2n) is 8.24. The Morgan fingerprint density at radius 3 is 2.64 bits per heavy atom. The van der Waals surface area contributed by atoms with Gasteiger partial charge in [0.15, 0.2) is 11.5 Å². The number of H-pyrrole nitrogens is 2. The van der Waals surface area contributed by atoms with Gasteiger partial charge in [-0.3, -0.25) is 5.10 Å². The van der Waals surface area contributed by atoms with Crippen LogP contribution in [0.25, 0.3) is 56.0 Å². The topological polar surface area (TPSA) is 88.1 Å². The summed E-state index contributed by atoms with van der Waals surface area (Å²) in [5.74, 6) is 1.27. The van der Waals surface area contributed by atoms with Crippen LogP contribution in [-0.4, -0.2) is 34.7 Å². The molecule has 7 nitrogen and oxygen atoms in total. The number of aromatic nitrogens is 7. The van der Waals surface area contributed by atoms with E-state index in [1.807, 2.05) is 51.4 Å². The smallest absolute Gasteiger partial charge is 0.178 e. The normalized spacial score (nSPS) is 11.6. The summed E-state index contributed by atoms with van der Waals surface area (Å²) in [6.45, 7) is 3.85. The van der Waals surface area contributed by atoms with Crippen LogP contribution in [0.15, 0.2) is 54.9 Å². The summed E-state index contributed by atoms with van der Waals surface area (Å²) in [4.78, 5) is 16.9. The molecule has 0 aliphatic heterocycles. The molecule has 8 heteroatoms. The maximum atomic E-state index is 14.1. The Morgan fingerprint density at radius 1 is 0.970 bits per heavy atom. The van der Waals surface area contributed by atoms with Gasteiger partial charge in [-0.15, -0.1) is 0 Å². The van der Waals surface area contributed by atoms with Crippen molar-refractivity contribution in [3.63, 3.8) is 0 Å². The van der Waals surface area contributed by atoms with Crippen LogP contribution in [-0.2, 0) is 7.05 Å². The zero-order chi connectivity index (χ0) is 22.7. The highest BCUT2D eigenvalue weighted by molar-refractivity contribution is 5.97. The van der Waals surface area contributed by atoms with Gasteiger partial charge < -0.3 is 9.55 Å². The summed E-state index contributed by atoms with van der Waals surface area (Å²) in [6.07, 6.45) is 3.56. The molecular weight excluding hydrogens is 417 g/mol. The van der Waals surface area contributed by atoms with Gasteiger partial charge >= 0.3 is 0 Å². The van der Waals surface area contributed by atoms with Gasteiger partial charge in [-0.25, -0.2) is 19.3 Å². The maximum Gasteiger partial charge on any atom is 0.178 e. The van der Waals surface area contributed by atoms with Crippen molar-refractivity contribution in [1.29, 1.82) is 0 Å². The lowest BCUT2D eigenvalue weighted by Crippen LogP contribution is -1.94. The molecular formula is C25H20FN7. The minimum Gasteiger partial charge on any atom is -0.335 e. The first-order valence-electron chi connectivity index (χ1n) is 10.6. The molecule has 4 aromatic heterocycles. The standard InChI is InChI=1S/C25H20FN7/c1-13-8-16(10-17(26)9-13)18-6-7-27-24-22(18)29-25(30-24)23-19-11-15(4-5-20(19)31-32-23)21-12-28-14(2)33(21)3/h4-12H,1-3H3,(H,31,32)(H,27,29,30). The number of nitrogens with zero attached hydrogens (tertiary/aromatic N) is 5. The lowest BCUT2D eigenvalue weighted by molar-refractivity contribution is 0.627. The molecule has 0 saturated carbocycles. The van der Waals surface area contributed by atoms with E-state index in [1.165, 1.54) is 12.1 Å². The van der Waals surface area contributed by atoms with Gasteiger partial charge in [-0.1, -0.05) is 12.1 Å².